The molecule has 0 atom stereocenters. The fourth-order valence-electron chi connectivity index (χ4n) is 1.86. The van der Waals surface area contributed by atoms with Crippen LogP contribution in [-0.4, -0.2) is 10.2 Å². The number of aromatic nitrogens is 2. The number of aryl methyl sites for hydroxylation is 1. The van der Waals surface area contributed by atoms with E-state index in [0.29, 0.717) is 4.64 Å². The molecule has 84 valence electrons. The Labute approximate surface area is 108 Å². The van der Waals surface area contributed by atoms with E-state index in [1.165, 1.54) is 9.75 Å². The van der Waals surface area contributed by atoms with Gasteiger partial charge in [0.25, 0.3) is 0 Å². The maximum atomic E-state index is 5.25. The van der Waals surface area contributed by atoms with Gasteiger partial charge in [-0.05, 0) is 19.1 Å². The van der Waals surface area contributed by atoms with E-state index < -0.39 is 0 Å². The van der Waals surface area contributed by atoms with Gasteiger partial charge < -0.3 is 0 Å². The zero-order chi connectivity index (χ0) is 11.8. The molecule has 1 N–H and O–H groups in total. The van der Waals surface area contributed by atoms with E-state index >= 15 is 0 Å². The highest BCUT2D eigenvalue weighted by Crippen LogP contribution is 2.31. The second-order valence-corrected chi connectivity index (χ2v) is 5.55. The molecule has 2 nitrogen and oxygen atoms in total. The second-order valence-electron chi connectivity index (χ2n) is 3.86. The van der Waals surface area contributed by atoms with Gasteiger partial charge in [0.2, 0.25) is 0 Å². The molecule has 2 heterocycles. The summed E-state index contributed by atoms with van der Waals surface area (Å²) in [5.41, 5.74) is 0.979. The SMILES string of the molecule is Cc1ccc(-c2n[nH]c(=S)c3ccccc23)s1. The smallest absolute Gasteiger partial charge is 0.127 e. The van der Waals surface area contributed by atoms with Gasteiger partial charge in [-0.1, -0.05) is 36.5 Å². The van der Waals surface area contributed by atoms with Crippen molar-refractivity contribution in [3.05, 3.63) is 45.9 Å². The first-order valence-corrected chi connectivity index (χ1v) is 6.52. The summed E-state index contributed by atoms with van der Waals surface area (Å²) in [5.74, 6) is 0. The fourth-order valence-corrected chi connectivity index (χ4v) is 2.96. The normalized spacial score (nSPS) is 10.9. The Bertz CT molecular complexity index is 740. The van der Waals surface area contributed by atoms with E-state index in [2.05, 4.69) is 35.3 Å². The van der Waals surface area contributed by atoms with Crippen molar-refractivity contribution in [3.63, 3.8) is 0 Å². The number of H-pyrrole nitrogens is 1. The number of benzene rings is 1. The molecular formula is C13H10N2S2. The average Bonchev–Trinajstić information content (AvgIpc) is 2.77. The van der Waals surface area contributed by atoms with Crippen molar-refractivity contribution in [1.29, 1.82) is 0 Å². The molecule has 0 unspecified atom stereocenters. The molecule has 0 fully saturated rings. The predicted octanol–water partition coefficient (Wildman–Crippen LogP) is 4.33. The highest BCUT2D eigenvalue weighted by Gasteiger charge is 2.08. The minimum absolute atomic E-state index is 0.692. The number of thiophene rings is 1. The lowest BCUT2D eigenvalue weighted by molar-refractivity contribution is 1.05. The Morgan fingerprint density at radius 3 is 2.59 bits per heavy atom. The van der Waals surface area contributed by atoms with Crippen molar-refractivity contribution in [3.8, 4) is 10.6 Å². The Kier molecular flexibility index (Phi) is 2.53. The van der Waals surface area contributed by atoms with Crippen LogP contribution in [0.5, 0.6) is 0 Å². The maximum absolute atomic E-state index is 5.25. The Morgan fingerprint density at radius 2 is 1.88 bits per heavy atom. The molecule has 0 radical (unpaired) electrons. The van der Waals surface area contributed by atoms with Gasteiger partial charge in [-0.15, -0.1) is 11.3 Å². The molecule has 4 heteroatoms. The highest BCUT2D eigenvalue weighted by molar-refractivity contribution is 7.71. The molecule has 0 aliphatic rings. The van der Waals surface area contributed by atoms with Gasteiger partial charge in [0, 0.05) is 15.6 Å². The summed E-state index contributed by atoms with van der Waals surface area (Å²) in [6, 6.07) is 12.3. The molecular weight excluding hydrogens is 248 g/mol. The van der Waals surface area contributed by atoms with Crippen molar-refractivity contribution in [2.24, 2.45) is 0 Å². The van der Waals surface area contributed by atoms with E-state index in [1.54, 1.807) is 11.3 Å². The van der Waals surface area contributed by atoms with Gasteiger partial charge in [-0.3, -0.25) is 5.10 Å². The zero-order valence-corrected chi connectivity index (χ0v) is 10.9. The van der Waals surface area contributed by atoms with Crippen LogP contribution in [-0.2, 0) is 0 Å². The number of aromatic amines is 1. The number of nitrogens with one attached hydrogen (secondary N) is 1. The molecule has 3 aromatic rings. The van der Waals surface area contributed by atoms with Crippen LogP contribution >= 0.6 is 23.6 Å². The Hall–Kier alpha value is -1.52. The third-order valence-corrected chi connectivity index (χ3v) is 3.99. The molecule has 0 bridgehead atoms. The number of rotatable bonds is 1. The number of nitrogens with zero attached hydrogens (tertiary/aromatic N) is 1. The molecule has 0 saturated carbocycles. The topological polar surface area (TPSA) is 28.7 Å². The first-order valence-electron chi connectivity index (χ1n) is 5.30. The summed E-state index contributed by atoms with van der Waals surface area (Å²) in [7, 11) is 0. The lowest BCUT2D eigenvalue weighted by atomic mass is 10.1. The Morgan fingerprint density at radius 1 is 1.12 bits per heavy atom. The van der Waals surface area contributed by atoms with Crippen LogP contribution in [0.25, 0.3) is 21.3 Å². The summed E-state index contributed by atoms with van der Waals surface area (Å²) in [4.78, 5) is 2.46. The molecule has 3 rings (SSSR count). The summed E-state index contributed by atoms with van der Waals surface area (Å²) in [6.07, 6.45) is 0. The Balaban J connectivity index is 2.38. The van der Waals surface area contributed by atoms with Crippen LogP contribution in [0, 0.1) is 11.6 Å². The van der Waals surface area contributed by atoms with Crippen LogP contribution < -0.4 is 0 Å². The van der Waals surface area contributed by atoms with Crippen molar-refractivity contribution < 1.29 is 0 Å². The molecule has 0 spiro atoms. The quantitative estimate of drug-likeness (QED) is 0.658. The fraction of sp³-hybridized carbons (Fsp3) is 0.0769. The second kappa shape index (κ2) is 4.05. The van der Waals surface area contributed by atoms with E-state index in [9.17, 15) is 0 Å². The maximum Gasteiger partial charge on any atom is 0.127 e. The summed E-state index contributed by atoms with van der Waals surface area (Å²) < 4.78 is 0.692. The predicted molar refractivity (Wildman–Crippen MR) is 75.0 cm³/mol. The molecule has 0 aliphatic heterocycles. The summed E-state index contributed by atoms with van der Waals surface area (Å²) in [5, 5.41) is 9.46. The molecule has 0 amide bonds. The molecule has 17 heavy (non-hydrogen) atoms. The van der Waals surface area contributed by atoms with Gasteiger partial charge in [-0.25, -0.2) is 0 Å². The molecule has 0 aliphatic carbocycles. The summed E-state index contributed by atoms with van der Waals surface area (Å²) in [6.45, 7) is 2.10. The van der Waals surface area contributed by atoms with E-state index in [-0.39, 0.29) is 0 Å². The lowest BCUT2D eigenvalue weighted by Gasteiger charge is -2.03. The molecule has 2 aromatic heterocycles. The van der Waals surface area contributed by atoms with Crippen molar-refractivity contribution >= 4 is 34.3 Å². The first-order chi connectivity index (χ1) is 8.25. The standard InChI is InChI=1S/C13H10N2S2/c1-8-6-7-11(17-8)12-9-4-2-3-5-10(9)13(16)15-14-12/h2-7H,1H3,(H,15,16). The number of hydrogen-bond donors (Lipinski definition) is 1. The van der Waals surface area contributed by atoms with Gasteiger partial charge in [0.05, 0.1) is 4.88 Å². The largest absolute Gasteiger partial charge is 0.267 e. The van der Waals surface area contributed by atoms with Gasteiger partial charge in [0.15, 0.2) is 0 Å². The minimum Gasteiger partial charge on any atom is -0.267 e. The number of hydrogen-bond acceptors (Lipinski definition) is 3. The summed E-state index contributed by atoms with van der Waals surface area (Å²) >= 11 is 7.00. The third-order valence-electron chi connectivity index (χ3n) is 2.67. The minimum atomic E-state index is 0.692. The van der Waals surface area contributed by atoms with Crippen molar-refractivity contribution in [2.75, 3.05) is 0 Å². The van der Waals surface area contributed by atoms with Crippen LogP contribution in [0.4, 0.5) is 0 Å². The monoisotopic (exact) mass is 258 g/mol. The van der Waals surface area contributed by atoms with Gasteiger partial charge >= 0.3 is 0 Å². The van der Waals surface area contributed by atoms with Gasteiger partial charge in [0.1, 0.15) is 10.3 Å². The van der Waals surface area contributed by atoms with Gasteiger partial charge in [-0.2, -0.15) is 5.10 Å². The van der Waals surface area contributed by atoms with E-state index in [0.717, 1.165) is 16.5 Å². The lowest BCUT2D eigenvalue weighted by Crippen LogP contribution is -1.89. The molecule has 0 saturated heterocycles. The van der Waals surface area contributed by atoms with Crippen LogP contribution in [0.1, 0.15) is 4.88 Å². The third kappa shape index (κ3) is 1.79. The van der Waals surface area contributed by atoms with E-state index in [4.69, 9.17) is 12.2 Å². The van der Waals surface area contributed by atoms with Crippen LogP contribution in [0.3, 0.4) is 0 Å². The average molecular weight is 258 g/mol. The van der Waals surface area contributed by atoms with E-state index in [1.807, 2.05) is 18.2 Å². The molecule has 1 aromatic carbocycles. The highest BCUT2D eigenvalue weighted by atomic mass is 32.1. The van der Waals surface area contributed by atoms with Crippen LogP contribution in [0.15, 0.2) is 36.4 Å². The number of fused-ring (bicyclic) bond motifs is 1. The first kappa shape index (κ1) is 10.6. The van der Waals surface area contributed by atoms with Crippen LogP contribution in [0.2, 0.25) is 0 Å². The van der Waals surface area contributed by atoms with Crippen molar-refractivity contribution in [2.45, 2.75) is 6.92 Å². The zero-order valence-electron chi connectivity index (χ0n) is 9.23. The van der Waals surface area contributed by atoms with Crippen molar-refractivity contribution in [1.82, 2.24) is 10.2 Å².